The molecule has 42 heavy (non-hydrogen) atoms. The van der Waals surface area contributed by atoms with Crippen molar-refractivity contribution in [1.82, 2.24) is 10.2 Å². The number of rotatable bonds is 6. The first-order valence-corrected chi connectivity index (χ1v) is 14.7. The lowest BCUT2D eigenvalue weighted by Gasteiger charge is -2.24. The van der Waals surface area contributed by atoms with Gasteiger partial charge in [0.1, 0.15) is 11.2 Å². The molecule has 1 aromatic heterocycles. The maximum Gasteiger partial charge on any atom is 0.140 e. The molecule has 2 N–H and O–H groups in total. The van der Waals surface area contributed by atoms with Crippen molar-refractivity contribution < 1.29 is 9.52 Å². The molecule has 3 aromatic carbocycles. The first kappa shape index (κ1) is 33.9. The number of aliphatic hydroxyl groups excluding tert-OH is 1. The third-order valence-corrected chi connectivity index (χ3v) is 6.86. The third-order valence-electron chi connectivity index (χ3n) is 6.86. The van der Waals surface area contributed by atoms with Crippen LogP contribution in [-0.4, -0.2) is 30.1 Å². The van der Waals surface area contributed by atoms with Crippen LogP contribution in [0.3, 0.4) is 0 Å². The molecule has 1 atom stereocenters. The van der Waals surface area contributed by atoms with Crippen molar-refractivity contribution in [3.8, 4) is 0 Å². The SMILES string of the molecule is C=C/C=C\NC.CC.CC=CC.Cc1ccc2c(oc3c(C)cccc32)c1C1C=C(c2ccccc2)CN1C/C=C\O. The van der Waals surface area contributed by atoms with Gasteiger partial charge in [0.25, 0.3) is 0 Å². The van der Waals surface area contributed by atoms with Crippen LogP contribution in [0.15, 0.2) is 121 Å². The van der Waals surface area contributed by atoms with Gasteiger partial charge < -0.3 is 14.8 Å². The molecule has 0 bridgehead atoms. The molecule has 4 heteroatoms. The van der Waals surface area contributed by atoms with Gasteiger partial charge in [-0.2, -0.15) is 0 Å². The van der Waals surface area contributed by atoms with Crippen LogP contribution in [0.1, 0.15) is 56.0 Å². The van der Waals surface area contributed by atoms with Crippen LogP contribution >= 0.6 is 0 Å². The van der Waals surface area contributed by atoms with Crippen molar-refractivity contribution in [3.63, 3.8) is 0 Å². The summed E-state index contributed by atoms with van der Waals surface area (Å²) in [7, 11) is 1.85. The van der Waals surface area contributed by atoms with E-state index in [0.717, 1.165) is 34.9 Å². The molecule has 0 saturated heterocycles. The lowest BCUT2D eigenvalue weighted by molar-refractivity contribution is 0.304. The number of allylic oxidation sites excluding steroid dienone is 4. The van der Waals surface area contributed by atoms with E-state index < -0.39 is 0 Å². The number of furan rings is 1. The van der Waals surface area contributed by atoms with Gasteiger partial charge >= 0.3 is 0 Å². The predicted octanol–water partition coefficient (Wildman–Crippen LogP) is 10.2. The maximum atomic E-state index is 9.28. The standard InChI is InChI=1S/C27H25NO2.C5H9N.C4H8.C2H6/c1-18-12-13-23-22-11-6-8-19(2)26(22)30-27(23)25(18)24-16-21(17-28(24)14-7-15-29)20-9-4-3-5-10-20;1-3-4-5-6-2;1-3-4-2;1-2/h3-13,15-16,24,29H,14,17H2,1-2H3;3-6H,1H2,2H3;3-4H,1-2H3;1-2H3/b15-7-;5-4-;;. The van der Waals surface area contributed by atoms with Crippen LogP contribution in [0, 0.1) is 13.8 Å². The Labute approximate surface area is 253 Å². The fourth-order valence-electron chi connectivity index (χ4n) is 4.79. The number of hydrogen-bond donors (Lipinski definition) is 2. The van der Waals surface area contributed by atoms with E-state index in [1.807, 2.05) is 65.2 Å². The molecule has 0 aliphatic carbocycles. The summed E-state index contributed by atoms with van der Waals surface area (Å²) in [4.78, 5) is 2.37. The van der Waals surface area contributed by atoms with E-state index in [1.54, 1.807) is 12.2 Å². The third kappa shape index (κ3) is 8.61. The molecule has 0 spiro atoms. The minimum Gasteiger partial charge on any atom is -0.516 e. The van der Waals surface area contributed by atoms with E-state index in [2.05, 4.69) is 91.3 Å². The predicted molar refractivity (Wildman–Crippen MR) is 184 cm³/mol. The largest absolute Gasteiger partial charge is 0.516 e. The number of nitrogens with zero attached hydrogens (tertiary/aromatic N) is 1. The van der Waals surface area contributed by atoms with Crippen LogP contribution in [0.25, 0.3) is 27.5 Å². The average molecular weight is 565 g/mol. The topological polar surface area (TPSA) is 48.6 Å². The summed E-state index contributed by atoms with van der Waals surface area (Å²) < 4.78 is 6.48. The second-order valence-electron chi connectivity index (χ2n) is 9.59. The number of aliphatic hydroxyl groups is 1. The zero-order chi connectivity index (χ0) is 30.9. The van der Waals surface area contributed by atoms with Gasteiger partial charge in [-0.15, -0.1) is 0 Å². The molecular weight excluding hydrogens is 516 g/mol. The summed E-state index contributed by atoms with van der Waals surface area (Å²) in [5, 5.41) is 14.4. The maximum absolute atomic E-state index is 9.28. The Kier molecular flexibility index (Phi) is 14.7. The Morgan fingerprint density at radius 2 is 1.62 bits per heavy atom. The molecule has 0 radical (unpaired) electrons. The average Bonchev–Trinajstić information content (AvgIpc) is 3.63. The van der Waals surface area contributed by atoms with Crippen LogP contribution < -0.4 is 5.32 Å². The fourth-order valence-corrected chi connectivity index (χ4v) is 4.79. The molecule has 222 valence electrons. The van der Waals surface area contributed by atoms with Gasteiger partial charge in [0.05, 0.1) is 12.3 Å². The zero-order valence-corrected chi connectivity index (χ0v) is 26.4. The lowest BCUT2D eigenvalue weighted by Crippen LogP contribution is -2.25. The van der Waals surface area contributed by atoms with Gasteiger partial charge in [0.15, 0.2) is 0 Å². The molecule has 5 rings (SSSR count). The number of para-hydroxylation sites is 1. The number of fused-ring (bicyclic) bond motifs is 3. The van der Waals surface area contributed by atoms with Crippen molar-refractivity contribution in [1.29, 1.82) is 0 Å². The number of aryl methyl sites for hydroxylation is 2. The van der Waals surface area contributed by atoms with Gasteiger partial charge in [-0.3, -0.25) is 4.90 Å². The van der Waals surface area contributed by atoms with Crippen molar-refractivity contribution in [3.05, 3.63) is 138 Å². The van der Waals surface area contributed by atoms with Crippen molar-refractivity contribution in [2.75, 3.05) is 20.1 Å². The first-order valence-electron chi connectivity index (χ1n) is 14.7. The zero-order valence-electron chi connectivity index (χ0n) is 26.4. The second-order valence-corrected chi connectivity index (χ2v) is 9.59. The van der Waals surface area contributed by atoms with E-state index >= 15 is 0 Å². The molecule has 4 aromatic rings. The lowest BCUT2D eigenvalue weighted by atomic mass is 9.96. The number of hydrogen-bond acceptors (Lipinski definition) is 4. The number of nitrogens with one attached hydrogen (secondary N) is 1. The quantitative estimate of drug-likeness (QED) is 0.139. The molecule has 4 nitrogen and oxygen atoms in total. The smallest absolute Gasteiger partial charge is 0.140 e. The van der Waals surface area contributed by atoms with Crippen LogP contribution in [-0.2, 0) is 0 Å². The molecule has 0 saturated carbocycles. The molecule has 1 aliphatic rings. The fraction of sp³-hybridized carbons (Fsp3) is 0.263. The van der Waals surface area contributed by atoms with E-state index in [4.69, 9.17) is 4.42 Å². The molecule has 1 unspecified atom stereocenters. The van der Waals surface area contributed by atoms with Crippen molar-refractivity contribution in [2.45, 2.75) is 47.6 Å². The Morgan fingerprint density at radius 3 is 2.21 bits per heavy atom. The summed E-state index contributed by atoms with van der Waals surface area (Å²) in [6, 6.07) is 21.3. The summed E-state index contributed by atoms with van der Waals surface area (Å²) in [6.45, 7) is 17.2. The van der Waals surface area contributed by atoms with Gasteiger partial charge in [-0.1, -0.05) is 105 Å². The van der Waals surface area contributed by atoms with E-state index in [9.17, 15) is 5.11 Å². The Balaban J connectivity index is 0.000000441. The summed E-state index contributed by atoms with van der Waals surface area (Å²) >= 11 is 0. The van der Waals surface area contributed by atoms with Crippen LogP contribution in [0.2, 0.25) is 0 Å². The molecular formula is C38H48N2O2. The monoisotopic (exact) mass is 564 g/mol. The van der Waals surface area contributed by atoms with E-state index in [0.29, 0.717) is 6.54 Å². The van der Waals surface area contributed by atoms with Crippen LogP contribution in [0.5, 0.6) is 0 Å². The second kappa shape index (κ2) is 18.2. The summed E-state index contributed by atoms with van der Waals surface area (Å²) in [6.07, 6.45) is 14.6. The highest BCUT2D eigenvalue weighted by Gasteiger charge is 2.30. The minimum absolute atomic E-state index is 0.0842. The van der Waals surface area contributed by atoms with Crippen molar-refractivity contribution in [2.24, 2.45) is 0 Å². The molecule has 0 amide bonds. The molecule has 0 fully saturated rings. The molecule has 2 heterocycles. The Morgan fingerprint density at radius 1 is 0.929 bits per heavy atom. The highest BCUT2D eigenvalue weighted by molar-refractivity contribution is 6.07. The number of benzene rings is 3. The van der Waals surface area contributed by atoms with Gasteiger partial charge in [-0.25, -0.2) is 0 Å². The Hall–Kier alpha value is -4.28. The molecule has 1 aliphatic heterocycles. The van der Waals surface area contributed by atoms with Crippen LogP contribution in [0.4, 0.5) is 0 Å². The highest BCUT2D eigenvalue weighted by atomic mass is 16.3. The normalized spacial score (nSPS) is 14.7. The van der Waals surface area contributed by atoms with Gasteiger partial charge in [-0.05, 0) is 68.3 Å². The first-order chi connectivity index (χ1) is 20.5. The minimum atomic E-state index is 0.0842. The van der Waals surface area contributed by atoms with Gasteiger partial charge in [0, 0.05) is 36.5 Å². The van der Waals surface area contributed by atoms with E-state index in [1.165, 1.54) is 27.6 Å². The Bertz CT molecular complexity index is 1500. The van der Waals surface area contributed by atoms with Crippen molar-refractivity contribution >= 4 is 27.5 Å². The highest BCUT2D eigenvalue weighted by Crippen LogP contribution is 2.42. The van der Waals surface area contributed by atoms with E-state index in [-0.39, 0.29) is 6.04 Å². The summed E-state index contributed by atoms with van der Waals surface area (Å²) in [5.41, 5.74) is 8.05. The summed E-state index contributed by atoms with van der Waals surface area (Å²) in [5.74, 6) is 0. The van der Waals surface area contributed by atoms with Gasteiger partial charge in [0.2, 0.25) is 0 Å².